The molecule has 26 heavy (non-hydrogen) atoms. The van der Waals surface area contributed by atoms with Crippen LogP contribution >= 0.6 is 11.6 Å². The standard InChI is InChI=1S/C17H16ClF3N2O3/c1-25-12-3-5-13(6-4-12)26-9-8-22-16(24)23-15-10-11(17(19,20)21)2-7-14(15)18/h2-7,10H,8-9H2,1H3,(H2,22,23,24). The zero-order chi connectivity index (χ0) is 19.2. The summed E-state index contributed by atoms with van der Waals surface area (Å²) in [5, 5.41) is 4.75. The topological polar surface area (TPSA) is 59.6 Å². The summed E-state index contributed by atoms with van der Waals surface area (Å²) in [4.78, 5) is 11.8. The number of alkyl halides is 3. The van der Waals surface area contributed by atoms with Crippen LogP contribution in [0, 0.1) is 0 Å². The van der Waals surface area contributed by atoms with Gasteiger partial charge in [-0.3, -0.25) is 0 Å². The minimum Gasteiger partial charge on any atom is -0.497 e. The minimum absolute atomic E-state index is 0.00244. The third kappa shape index (κ3) is 5.73. The lowest BCUT2D eigenvalue weighted by molar-refractivity contribution is -0.137. The van der Waals surface area contributed by atoms with Crippen LogP contribution in [0.25, 0.3) is 0 Å². The molecule has 9 heteroatoms. The Hall–Kier alpha value is -2.61. The zero-order valence-corrected chi connectivity index (χ0v) is 14.4. The molecule has 0 bridgehead atoms. The van der Waals surface area contributed by atoms with Crippen LogP contribution in [-0.2, 0) is 6.18 Å². The number of urea groups is 1. The number of ether oxygens (including phenoxy) is 2. The van der Waals surface area contributed by atoms with Gasteiger partial charge in [0.05, 0.1) is 29.9 Å². The number of carbonyl (C=O) groups excluding carboxylic acids is 1. The van der Waals surface area contributed by atoms with Crippen molar-refractivity contribution in [3.63, 3.8) is 0 Å². The molecular weight excluding hydrogens is 373 g/mol. The van der Waals surface area contributed by atoms with Gasteiger partial charge in [0.2, 0.25) is 0 Å². The fraction of sp³-hybridized carbons (Fsp3) is 0.235. The van der Waals surface area contributed by atoms with Crippen molar-refractivity contribution in [3.8, 4) is 11.5 Å². The zero-order valence-electron chi connectivity index (χ0n) is 13.7. The Bertz CT molecular complexity index is 752. The van der Waals surface area contributed by atoms with Crippen molar-refractivity contribution >= 4 is 23.3 Å². The number of methoxy groups -OCH3 is 1. The Morgan fingerprint density at radius 2 is 1.77 bits per heavy atom. The number of hydrogen-bond donors (Lipinski definition) is 2. The SMILES string of the molecule is COc1ccc(OCCNC(=O)Nc2cc(C(F)(F)F)ccc2Cl)cc1. The summed E-state index contributed by atoms with van der Waals surface area (Å²) in [7, 11) is 1.55. The molecule has 0 atom stereocenters. The number of carbonyl (C=O) groups is 1. The van der Waals surface area contributed by atoms with Gasteiger partial charge in [-0.15, -0.1) is 0 Å². The van der Waals surface area contributed by atoms with E-state index in [2.05, 4.69) is 10.6 Å². The van der Waals surface area contributed by atoms with E-state index in [1.165, 1.54) is 0 Å². The highest BCUT2D eigenvalue weighted by Gasteiger charge is 2.31. The first kappa shape index (κ1) is 19.7. The van der Waals surface area contributed by atoms with Crippen molar-refractivity contribution in [3.05, 3.63) is 53.1 Å². The maximum absolute atomic E-state index is 12.7. The Kier molecular flexibility index (Phi) is 6.57. The lowest BCUT2D eigenvalue weighted by Crippen LogP contribution is -2.32. The lowest BCUT2D eigenvalue weighted by Gasteiger charge is -2.12. The average molecular weight is 389 g/mol. The third-order valence-corrected chi connectivity index (χ3v) is 3.59. The van der Waals surface area contributed by atoms with E-state index in [1.54, 1.807) is 31.4 Å². The van der Waals surface area contributed by atoms with Crippen molar-refractivity contribution in [2.24, 2.45) is 0 Å². The molecule has 0 heterocycles. The van der Waals surface area contributed by atoms with E-state index < -0.39 is 17.8 Å². The molecule has 0 aromatic heterocycles. The molecule has 0 aliphatic heterocycles. The molecule has 2 aromatic carbocycles. The highest BCUT2D eigenvalue weighted by Crippen LogP contribution is 2.33. The molecule has 0 saturated heterocycles. The number of halogens is 4. The molecule has 0 spiro atoms. The summed E-state index contributed by atoms with van der Waals surface area (Å²) >= 11 is 5.81. The van der Waals surface area contributed by atoms with E-state index in [1.807, 2.05) is 0 Å². The first-order valence-corrected chi connectivity index (χ1v) is 7.86. The van der Waals surface area contributed by atoms with Gasteiger partial charge in [-0.2, -0.15) is 13.2 Å². The van der Waals surface area contributed by atoms with E-state index in [0.717, 1.165) is 18.2 Å². The predicted molar refractivity (Wildman–Crippen MR) is 92.0 cm³/mol. The molecule has 140 valence electrons. The van der Waals surface area contributed by atoms with Crippen LogP contribution in [0.5, 0.6) is 11.5 Å². The van der Waals surface area contributed by atoms with E-state index in [4.69, 9.17) is 21.1 Å². The smallest absolute Gasteiger partial charge is 0.416 e. The maximum atomic E-state index is 12.7. The first-order chi connectivity index (χ1) is 12.3. The highest BCUT2D eigenvalue weighted by atomic mass is 35.5. The summed E-state index contributed by atoms with van der Waals surface area (Å²) in [5.41, 5.74) is -1.03. The molecular formula is C17H16ClF3N2O3. The highest BCUT2D eigenvalue weighted by molar-refractivity contribution is 6.33. The Labute approximate surface area is 153 Å². The van der Waals surface area contributed by atoms with Gasteiger partial charge in [0.15, 0.2) is 0 Å². The fourth-order valence-corrected chi connectivity index (χ4v) is 2.13. The van der Waals surface area contributed by atoms with Gasteiger partial charge in [-0.1, -0.05) is 11.6 Å². The summed E-state index contributed by atoms with van der Waals surface area (Å²) in [6.07, 6.45) is -4.52. The molecule has 2 N–H and O–H groups in total. The van der Waals surface area contributed by atoms with Crippen LogP contribution < -0.4 is 20.1 Å². The largest absolute Gasteiger partial charge is 0.497 e. The number of hydrogen-bond acceptors (Lipinski definition) is 3. The molecule has 5 nitrogen and oxygen atoms in total. The van der Waals surface area contributed by atoms with Crippen LogP contribution in [-0.4, -0.2) is 26.3 Å². The summed E-state index contributed by atoms with van der Waals surface area (Å²) in [6.45, 7) is 0.324. The van der Waals surface area contributed by atoms with Crippen LogP contribution in [0.1, 0.15) is 5.56 Å². The van der Waals surface area contributed by atoms with Gasteiger partial charge in [0.25, 0.3) is 0 Å². The van der Waals surface area contributed by atoms with Crippen LogP contribution in [0.4, 0.5) is 23.7 Å². The fourth-order valence-electron chi connectivity index (χ4n) is 1.97. The lowest BCUT2D eigenvalue weighted by atomic mass is 10.2. The van der Waals surface area contributed by atoms with Crippen molar-refractivity contribution < 1.29 is 27.4 Å². The minimum atomic E-state index is -4.52. The number of anilines is 1. The molecule has 0 fully saturated rings. The van der Waals surface area contributed by atoms with Crippen molar-refractivity contribution in [1.29, 1.82) is 0 Å². The van der Waals surface area contributed by atoms with Gasteiger partial charge in [0.1, 0.15) is 18.1 Å². The van der Waals surface area contributed by atoms with Crippen LogP contribution in [0.2, 0.25) is 5.02 Å². The Balaban J connectivity index is 1.81. The first-order valence-electron chi connectivity index (χ1n) is 7.48. The molecule has 0 aliphatic rings. The molecule has 0 saturated carbocycles. The van der Waals surface area contributed by atoms with Gasteiger partial charge in [0, 0.05) is 0 Å². The predicted octanol–water partition coefficient (Wildman–Crippen LogP) is 4.57. The second-order valence-corrected chi connectivity index (χ2v) is 5.50. The van der Waals surface area contributed by atoms with E-state index in [-0.39, 0.29) is 23.9 Å². The van der Waals surface area contributed by atoms with Gasteiger partial charge in [-0.25, -0.2) is 4.79 Å². The van der Waals surface area contributed by atoms with Gasteiger partial charge < -0.3 is 20.1 Å². The molecule has 0 radical (unpaired) electrons. The maximum Gasteiger partial charge on any atom is 0.416 e. The Morgan fingerprint density at radius 1 is 1.12 bits per heavy atom. The second-order valence-electron chi connectivity index (χ2n) is 5.10. The molecule has 2 aromatic rings. The van der Waals surface area contributed by atoms with Crippen molar-refractivity contribution in [1.82, 2.24) is 5.32 Å². The normalized spacial score (nSPS) is 11.0. The summed E-state index contributed by atoms with van der Waals surface area (Å²) in [5.74, 6) is 1.28. The number of nitrogens with one attached hydrogen (secondary N) is 2. The summed E-state index contributed by atoms with van der Waals surface area (Å²) < 4.78 is 48.5. The molecule has 0 aliphatic carbocycles. The number of rotatable bonds is 6. The number of amides is 2. The van der Waals surface area contributed by atoms with Crippen LogP contribution in [0.3, 0.4) is 0 Å². The monoisotopic (exact) mass is 388 g/mol. The second kappa shape index (κ2) is 8.66. The summed E-state index contributed by atoms with van der Waals surface area (Å²) in [6, 6.07) is 8.87. The van der Waals surface area contributed by atoms with E-state index >= 15 is 0 Å². The van der Waals surface area contributed by atoms with Crippen molar-refractivity contribution in [2.75, 3.05) is 25.6 Å². The number of benzene rings is 2. The van der Waals surface area contributed by atoms with Gasteiger partial charge in [-0.05, 0) is 42.5 Å². The molecule has 2 rings (SSSR count). The van der Waals surface area contributed by atoms with Gasteiger partial charge >= 0.3 is 12.2 Å². The van der Waals surface area contributed by atoms with Crippen molar-refractivity contribution in [2.45, 2.75) is 6.18 Å². The van der Waals surface area contributed by atoms with E-state index in [9.17, 15) is 18.0 Å². The third-order valence-electron chi connectivity index (χ3n) is 3.26. The molecule has 0 unspecified atom stereocenters. The Morgan fingerprint density at radius 3 is 2.38 bits per heavy atom. The molecule has 2 amide bonds. The van der Waals surface area contributed by atoms with Crippen LogP contribution in [0.15, 0.2) is 42.5 Å². The quantitative estimate of drug-likeness (QED) is 0.713. The van der Waals surface area contributed by atoms with E-state index in [0.29, 0.717) is 11.5 Å². The average Bonchev–Trinajstić information content (AvgIpc) is 2.60.